The molecule has 0 fully saturated rings. The van der Waals surface area contributed by atoms with Crippen molar-refractivity contribution in [3.63, 3.8) is 0 Å². The monoisotopic (exact) mass is 191 g/mol. The molecule has 0 saturated carbocycles. The number of benzene rings is 1. The minimum Gasteiger partial charge on any atom is -0.507 e. The summed E-state index contributed by atoms with van der Waals surface area (Å²) in [5.41, 5.74) is 2.24. The first-order chi connectivity index (χ1) is 6.70. The summed E-state index contributed by atoms with van der Waals surface area (Å²) in [5, 5.41) is 10.4. The highest BCUT2D eigenvalue weighted by molar-refractivity contribution is 5.86. The smallest absolute Gasteiger partial charge is 0.124 e. The molecule has 76 valence electrons. The number of aromatic hydroxyl groups is 1. The molecule has 0 aliphatic carbocycles. The van der Waals surface area contributed by atoms with Crippen LogP contribution in [0.5, 0.6) is 5.75 Å². The van der Waals surface area contributed by atoms with Gasteiger partial charge in [0.15, 0.2) is 0 Å². The highest BCUT2D eigenvalue weighted by atomic mass is 16.3. The van der Waals surface area contributed by atoms with Gasteiger partial charge in [-0.1, -0.05) is 19.9 Å². The number of fused-ring (bicyclic) bond motifs is 1. The van der Waals surface area contributed by atoms with Crippen LogP contribution < -0.4 is 0 Å². The number of nitrogens with zero attached hydrogens (tertiary/aromatic N) is 1. The van der Waals surface area contributed by atoms with Crippen molar-refractivity contribution in [2.24, 2.45) is 7.05 Å². The SMILES string of the molecule is CC.Cc1cc2c(O)cccc2n1C. The van der Waals surface area contributed by atoms with Crippen LogP contribution in [0.3, 0.4) is 0 Å². The quantitative estimate of drug-likeness (QED) is 0.679. The van der Waals surface area contributed by atoms with Gasteiger partial charge in [-0.3, -0.25) is 0 Å². The molecule has 0 atom stereocenters. The van der Waals surface area contributed by atoms with Gasteiger partial charge in [-0.25, -0.2) is 0 Å². The Morgan fingerprint density at radius 1 is 1.21 bits per heavy atom. The number of hydrogen-bond donors (Lipinski definition) is 1. The summed E-state index contributed by atoms with van der Waals surface area (Å²) in [4.78, 5) is 0. The lowest BCUT2D eigenvalue weighted by Crippen LogP contribution is -1.88. The predicted octanol–water partition coefficient (Wildman–Crippen LogP) is 3.22. The van der Waals surface area contributed by atoms with Gasteiger partial charge in [0, 0.05) is 18.1 Å². The average molecular weight is 191 g/mol. The molecule has 0 radical (unpaired) electrons. The molecule has 0 unspecified atom stereocenters. The van der Waals surface area contributed by atoms with E-state index in [9.17, 15) is 5.11 Å². The van der Waals surface area contributed by atoms with E-state index in [1.54, 1.807) is 6.07 Å². The second kappa shape index (κ2) is 4.18. The molecule has 0 aliphatic heterocycles. The summed E-state index contributed by atoms with van der Waals surface area (Å²) < 4.78 is 2.06. The second-order valence-corrected chi connectivity index (χ2v) is 3.05. The van der Waals surface area contributed by atoms with Crippen LogP contribution in [0.25, 0.3) is 10.9 Å². The second-order valence-electron chi connectivity index (χ2n) is 3.05. The lowest BCUT2D eigenvalue weighted by molar-refractivity contribution is 0.481. The Morgan fingerprint density at radius 3 is 2.43 bits per heavy atom. The van der Waals surface area contributed by atoms with Crippen LogP contribution in [0.2, 0.25) is 0 Å². The molecule has 0 aliphatic rings. The van der Waals surface area contributed by atoms with Crippen molar-refractivity contribution in [2.45, 2.75) is 20.8 Å². The number of phenols is 1. The third-order valence-corrected chi connectivity index (χ3v) is 2.30. The maximum absolute atomic E-state index is 9.50. The zero-order valence-electron chi connectivity index (χ0n) is 9.20. The summed E-state index contributed by atoms with van der Waals surface area (Å²) >= 11 is 0. The van der Waals surface area contributed by atoms with Crippen LogP contribution in [0, 0.1) is 6.92 Å². The number of hydrogen-bond acceptors (Lipinski definition) is 1. The first kappa shape index (κ1) is 10.6. The third-order valence-electron chi connectivity index (χ3n) is 2.30. The van der Waals surface area contributed by atoms with Crippen LogP contribution >= 0.6 is 0 Å². The molecule has 0 amide bonds. The van der Waals surface area contributed by atoms with E-state index in [4.69, 9.17) is 0 Å². The molecule has 2 rings (SSSR count). The molecule has 1 heterocycles. The summed E-state index contributed by atoms with van der Waals surface area (Å²) in [6.45, 7) is 6.03. The Balaban J connectivity index is 0.000000461. The standard InChI is InChI=1S/C10H11NO.C2H6/c1-7-6-8-9(11(7)2)4-3-5-10(8)12;1-2/h3-6,12H,1-2H3;1-2H3. The van der Waals surface area contributed by atoms with Gasteiger partial charge in [0.1, 0.15) is 5.75 Å². The third kappa shape index (κ3) is 1.60. The summed E-state index contributed by atoms with van der Waals surface area (Å²) in [6.07, 6.45) is 0. The predicted molar refractivity (Wildman–Crippen MR) is 60.7 cm³/mol. The summed E-state index contributed by atoms with van der Waals surface area (Å²) in [6, 6.07) is 7.56. The van der Waals surface area contributed by atoms with Crippen molar-refractivity contribution in [1.82, 2.24) is 4.57 Å². The highest BCUT2D eigenvalue weighted by Gasteiger charge is 2.04. The van der Waals surface area contributed by atoms with Crippen LogP contribution in [0.4, 0.5) is 0 Å². The van der Waals surface area contributed by atoms with Crippen molar-refractivity contribution < 1.29 is 5.11 Å². The Labute approximate surface area is 84.8 Å². The van der Waals surface area contributed by atoms with Crippen LogP contribution in [0.15, 0.2) is 24.3 Å². The molecular formula is C12H17NO. The number of rotatable bonds is 0. The molecule has 2 heteroatoms. The molecule has 0 saturated heterocycles. The molecule has 1 N–H and O–H groups in total. The molecule has 1 aromatic carbocycles. The summed E-state index contributed by atoms with van der Waals surface area (Å²) in [5.74, 6) is 0.358. The first-order valence-corrected chi connectivity index (χ1v) is 4.94. The maximum Gasteiger partial charge on any atom is 0.124 e. The fraction of sp³-hybridized carbons (Fsp3) is 0.333. The van der Waals surface area contributed by atoms with Crippen molar-refractivity contribution >= 4 is 10.9 Å². The zero-order chi connectivity index (χ0) is 10.7. The van der Waals surface area contributed by atoms with Gasteiger partial charge in [0.05, 0.1) is 5.52 Å². The Morgan fingerprint density at radius 2 is 1.86 bits per heavy atom. The van der Waals surface area contributed by atoms with E-state index in [2.05, 4.69) is 4.57 Å². The Bertz CT molecular complexity index is 429. The molecular weight excluding hydrogens is 174 g/mol. The molecule has 0 spiro atoms. The van der Waals surface area contributed by atoms with Crippen LogP contribution in [-0.4, -0.2) is 9.67 Å². The van der Waals surface area contributed by atoms with Gasteiger partial charge in [0.25, 0.3) is 0 Å². The van der Waals surface area contributed by atoms with Crippen molar-refractivity contribution in [3.05, 3.63) is 30.0 Å². The van der Waals surface area contributed by atoms with Gasteiger partial charge < -0.3 is 9.67 Å². The lowest BCUT2D eigenvalue weighted by atomic mass is 10.2. The van der Waals surface area contributed by atoms with Crippen molar-refractivity contribution in [3.8, 4) is 5.75 Å². The maximum atomic E-state index is 9.50. The zero-order valence-corrected chi connectivity index (χ0v) is 9.20. The molecule has 1 aromatic heterocycles. The number of phenolic OH excluding ortho intramolecular Hbond substituents is 1. The van der Waals surface area contributed by atoms with Gasteiger partial charge in [-0.15, -0.1) is 0 Å². The minimum absolute atomic E-state index is 0.358. The minimum atomic E-state index is 0.358. The largest absolute Gasteiger partial charge is 0.507 e. The van der Waals surface area contributed by atoms with Gasteiger partial charge >= 0.3 is 0 Å². The average Bonchev–Trinajstić information content (AvgIpc) is 2.50. The van der Waals surface area contributed by atoms with E-state index in [0.29, 0.717) is 5.75 Å². The van der Waals surface area contributed by atoms with E-state index in [0.717, 1.165) is 16.6 Å². The first-order valence-electron chi connectivity index (χ1n) is 4.94. The molecule has 2 aromatic rings. The molecule has 0 bridgehead atoms. The van der Waals surface area contributed by atoms with Gasteiger partial charge in [-0.2, -0.15) is 0 Å². The number of aryl methyl sites for hydroxylation is 2. The summed E-state index contributed by atoms with van der Waals surface area (Å²) in [7, 11) is 2.00. The Hall–Kier alpha value is -1.44. The van der Waals surface area contributed by atoms with Crippen LogP contribution in [0.1, 0.15) is 19.5 Å². The fourth-order valence-corrected chi connectivity index (χ4v) is 1.48. The van der Waals surface area contributed by atoms with E-state index in [-0.39, 0.29) is 0 Å². The molecule has 2 nitrogen and oxygen atoms in total. The fourth-order valence-electron chi connectivity index (χ4n) is 1.48. The van der Waals surface area contributed by atoms with Crippen molar-refractivity contribution in [2.75, 3.05) is 0 Å². The van der Waals surface area contributed by atoms with Gasteiger partial charge in [-0.05, 0) is 25.1 Å². The van der Waals surface area contributed by atoms with Gasteiger partial charge in [0.2, 0.25) is 0 Å². The molecule has 14 heavy (non-hydrogen) atoms. The lowest BCUT2D eigenvalue weighted by Gasteiger charge is -1.98. The highest BCUT2D eigenvalue weighted by Crippen LogP contribution is 2.26. The van der Waals surface area contributed by atoms with E-state index in [1.807, 2.05) is 46.0 Å². The Kier molecular flexibility index (Phi) is 3.18. The van der Waals surface area contributed by atoms with Crippen LogP contribution in [-0.2, 0) is 7.05 Å². The van der Waals surface area contributed by atoms with E-state index < -0.39 is 0 Å². The van der Waals surface area contributed by atoms with Crippen molar-refractivity contribution in [1.29, 1.82) is 0 Å². The number of aromatic nitrogens is 1. The van der Waals surface area contributed by atoms with E-state index >= 15 is 0 Å². The van der Waals surface area contributed by atoms with E-state index in [1.165, 1.54) is 0 Å². The normalized spacial score (nSPS) is 9.71. The topological polar surface area (TPSA) is 25.2 Å².